The van der Waals surface area contributed by atoms with Gasteiger partial charge in [-0.3, -0.25) is 9.97 Å². The number of aromatic nitrogens is 3. The SMILES string of the molecule is Cc1cccc(N2C(=S)N[C@@H](c3ccccn3)[C@H]2c2cc(C)n(Cc3ccncc3)c2C)c1. The average molecular weight is 454 g/mol. The lowest BCUT2D eigenvalue weighted by atomic mass is 9.96. The molecule has 4 aromatic rings. The molecule has 0 aliphatic carbocycles. The molecule has 6 heteroatoms. The maximum absolute atomic E-state index is 5.88. The summed E-state index contributed by atoms with van der Waals surface area (Å²) in [4.78, 5) is 11.1. The van der Waals surface area contributed by atoms with Crippen molar-refractivity contribution < 1.29 is 0 Å². The van der Waals surface area contributed by atoms with Crippen molar-refractivity contribution in [2.24, 2.45) is 0 Å². The van der Waals surface area contributed by atoms with E-state index < -0.39 is 0 Å². The van der Waals surface area contributed by atoms with Crippen LogP contribution in [0.1, 0.15) is 45.9 Å². The Kier molecular flexibility index (Phi) is 5.68. The normalized spacial score (nSPS) is 17.9. The molecule has 3 aromatic heterocycles. The Morgan fingerprint density at radius 1 is 0.939 bits per heavy atom. The summed E-state index contributed by atoms with van der Waals surface area (Å²) in [7, 11) is 0. The first-order valence-corrected chi connectivity index (χ1v) is 11.6. The van der Waals surface area contributed by atoms with Gasteiger partial charge >= 0.3 is 0 Å². The summed E-state index contributed by atoms with van der Waals surface area (Å²) in [6.45, 7) is 7.30. The summed E-state index contributed by atoms with van der Waals surface area (Å²) in [5.41, 5.74) is 8.23. The standard InChI is InChI=1S/C27H27N5S/c1-18-7-6-8-22(15-18)32-26(25(30-27(32)33)24-9-4-5-12-29-24)23-16-19(2)31(20(23)3)17-21-10-13-28-14-11-21/h4-16,25-26H,17H2,1-3H3,(H,30,33)/t25-,26+/m0/s1. The second-order valence-corrected chi connectivity index (χ2v) is 8.99. The molecule has 1 aliphatic heterocycles. The molecule has 0 radical (unpaired) electrons. The van der Waals surface area contributed by atoms with Gasteiger partial charge < -0.3 is 14.8 Å². The van der Waals surface area contributed by atoms with Gasteiger partial charge in [-0.25, -0.2) is 0 Å². The fourth-order valence-electron chi connectivity index (χ4n) is 4.77. The molecule has 1 aliphatic rings. The number of anilines is 1. The Labute approximate surface area is 200 Å². The number of aryl methyl sites for hydroxylation is 2. The Hall–Kier alpha value is -3.51. The van der Waals surface area contributed by atoms with E-state index in [1.165, 1.54) is 28.1 Å². The van der Waals surface area contributed by atoms with E-state index in [9.17, 15) is 0 Å². The van der Waals surface area contributed by atoms with E-state index in [1.54, 1.807) is 0 Å². The van der Waals surface area contributed by atoms with Crippen LogP contribution in [0.4, 0.5) is 5.69 Å². The largest absolute Gasteiger partial charge is 0.351 e. The third-order valence-corrected chi connectivity index (χ3v) is 6.71. The van der Waals surface area contributed by atoms with E-state index >= 15 is 0 Å². The molecule has 0 bridgehead atoms. The lowest BCUT2D eigenvalue weighted by molar-refractivity contribution is 0.563. The van der Waals surface area contributed by atoms with E-state index in [2.05, 4.69) is 94.1 Å². The molecule has 0 spiro atoms. The molecular formula is C27H27N5S. The molecule has 166 valence electrons. The summed E-state index contributed by atoms with van der Waals surface area (Å²) < 4.78 is 2.37. The molecular weight excluding hydrogens is 426 g/mol. The van der Waals surface area contributed by atoms with Gasteiger partial charge in [0.05, 0.1) is 17.8 Å². The van der Waals surface area contributed by atoms with Crippen LogP contribution in [-0.4, -0.2) is 19.6 Å². The zero-order valence-electron chi connectivity index (χ0n) is 19.1. The summed E-state index contributed by atoms with van der Waals surface area (Å²) in [5.74, 6) is 0. The Balaban J connectivity index is 1.63. The molecule has 2 atom stereocenters. The van der Waals surface area contributed by atoms with Gasteiger partial charge in [0, 0.05) is 42.2 Å². The maximum Gasteiger partial charge on any atom is 0.174 e. The maximum atomic E-state index is 5.88. The van der Waals surface area contributed by atoms with Gasteiger partial charge in [-0.2, -0.15) is 0 Å². The van der Waals surface area contributed by atoms with Crippen LogP contribution in [-0.2, 0) is 6.54 Å². The highest BCUT2D eigenvalue weighted by molar-refractivity contribution is 7.80. The number of hydrogen-bond donors (Lipinski definition) is 1. The third-order valence-electron chi connectivity index (χ3n) is 6.40. The Morgan fingerprint density at radius 3 is 2.48 bits per heavy atom. The number of nitrogens with zero attached hydrogens (tertiary/aromatic N) is 4. The highest BCUT2D eigenvalue weighted by atomic mass is 32.1. The van der Waals surface area contributed by atoms with Crippen molar-refractivity contribution in [3.05, 3.63) is 113 Å². The minimum atomic E-state index is -0.0471. The third kappa shape index (κ3) is 4.02. The molecule has 4 heterocycles. The molecule has 0 unspecified atom stereocenters. The summed E-state index contributed by atoms with van der Waals surface area (Å²) >= 11 is 5.88. The van der Waals surface area contributed by atoms with Crippen molar-refractivity contribution in [2.45, 2.75) is 39.4 Å². The number of nitrogens with one attached hydrogen (secondary N) is 1. The number of hydrogen-bond acceptors (Lipinski definition) is 3. The molecule has 1 N–H and O–H groups in total. The average Bonchev–Trinajstić information content (AvgIpc) is 3.31. The molecule has 0 saturated carbocycles. The second kappa shape index (κ2) is 8.79. The zero-order chi connectivity index (χ0) is 22.9. The Bertz CT molecular complexity index is 1280. The van der Waals surface area contributed by atoms with Gasteiger partial charge in [0.2, 0.25) is 0 Å². The van der Waals surface area contributed by atoms with E-state index in [4.69, 9.17) is 12.2 Å². The molecule has 1 aromatic carbocycles. The van der Waals surface area contributed by atoms with E-state index in [0.29, 0.717) is 0 Å². The number of thiocarbonyl (C=S) groups is 1. The van der Waals surface area contributed by atoms with Crippen LogP contribution in [0.2, 0.25) is 0 Å². The first-order valence-electron chi connectivity index (χ1n) is 11.2. The highest BCUT2D eigenvalue weighted by Crippen LogP contribution is 2.43. The number of pyridine rings is 2. The van der Waals surface area contributed by atoms with Gasteiger partial charge in [0.25, 0.3) is 0 Å². The summed E-state index contributed by atoms with van der Waals surface area (Å²) in [6, 6.07) is 21.0. The van der Waals surface area contributed by atoms with Crippen LogP contribution in [0.15, 0.2) is 79.3 Å². The van der Waals surface area contributed by atoms with Crippen molar-refractivity contribution in [1.82, 2.24) is 19.9 Å². The van der Waals surface area contributed by atoms with Gasteiger partial charge in [0.1, 0.15) is 0 Å². The quantitative estimate of drug-likeness (QED) is 0.408. The van der Waals surface area contributed by atoms with Crippen molar-refractivity contribution in [3.8, 4) is 0 Å². The minimum Gasteiger partial charge on any atom is -0.351 e. The van der Waals surface area contributed by atoms with Crippen LogP contribution < -0.4 is 10.2 Å². The fraction of sp³-hybridized carbons (Fsp3) is 0.222. The van der Waals surface area contributed by atoms with Crippen molar-refractivity contribution >= 4 is 23.0 Å². The van der Waals surface area contributed by atoms with Crippen LogP contribution in [0.25, 0.3) is 0 Å². The van der Waals surface area contributed by atoms with E-state index in [-0.39, 0.29) is 12.1 Å². The smallest absolute Gasteiger partial charge is 0.174 e. The molecule has 5 rings (SSSR count). The highest BCUT2D eigenvalue weighted by Gasteiger charge is 2.42. The van der Waals surface area contributed by atoms with Crippen molar-refractivity contribution in [3.63, 3.8) is 0 Å². The second-order valence-electron chi connectivity index (χ2n) is 8.60. The fourth-order valence-corrected chi connectivity index (χ4v) is 5.11. The summed E-state index contributed by atoms with van der Waals surface area (Å²) in [6.07, 6.45) is 5.54. The lowest BCUT2D eigenvalue weighted by Crippen LogP contribution is -2.29. The predicted octanol–water partition coefficient (Wildman–Crippen LogP) is 5.43. The summed E-state index contributed by atoms with van der Waals surface area (Å²) in [5, 5.41) is 4.29. The first kappa shape index (κ1) is 21.3. The van der Waals surface area contributed by atoms with E-state index in [1.807, 2.05) is 30.7 Å². The van der Waals surface area contributed by atoms with Gasteiger partial charge in [-0.15, -0.1) is 0 Å². The van der Waals surface area contributed by atoms with Crippen LogP contribution >= 0.6 is 12.2 Å². The molecule has 1 fully saturated rings. The van der Waals surface area contributed by atoms with Crippen LogP contribution in [0.3, 0.4) is 0 Å². The van der Waals surface area contributed by atoms with Gasteiger partial charge in [-0.05, 0) is 92.1 Å². The topological polar surface area (TPSA) is 46.0 Å². The number of rotatable bonds is 5. The minimum absolute atomic E-state index is 0.00779. The van der Waals surface area contributed by atoms with Crippen LogP contribution in [0.5, 0.6) is 0 Å². The predicted molar refractivity (Wildman–Crippen MR) is 136 cm³/mol. The zero-order valence-corrected chi connectivity index (χ0v) is 19.9. The molecule has 5 nitrogen and oxygen atoms in total. The van der Waals surface area contributed by atoms with Gasteiger partial charge in [0.15, 0.2) is 5.11 Å². The van der Waals surface area contributed by atoms with Crippen LogP contribution in [0, 0.1) is 20.8 Å². The molecule has 0 amide bonds. The monoisotopic (exact) mass is 453 g/mol. The van der Waals surface area contributed by atoms with E-state index in [0.717, 1.165) is 23.0 Å². The first-order chi connectivity index (χ1) is 16.0. The Morgan fingerprint density at radius 2 is 1.76 bits per heavy atom. The number of benzene rings is 1. The van der Waals surface area contributed by atoms with Gasteiger partial charge in [-0.1, -0.05) is 18.2 Å². The van der Waals surface area contributed by atoms with Crippen molar-refractivity contribution in [2.75, 3.05) is 4.90 Å². The molecule has 1 saturated heterocycles. The van der Waals surface area contributed by atoms with Crippen molar-refractivity contribution in [1.29, 1.82) is 0 Å². The lowest BCUT2D eigenvalue weighted by Gasteiger charge is -2.28. The molecule has 33 heavy (non-hydrogen) atoms.